The molecule has 88 valence electrons. The first-order valence-electron chi connectivity index (χ1n) is 5.80. The minimum atomic E-state index is -0.912. The quantitative estimate of drug-likeness (QED) is 0.433. The third-order valence-corrected chi connectivity index (χ3v) is 2.35. The van der Waals surface area contributed by atoms with Crippen LogP contribution < -0.4 is 5.32 Å². The van der Waals surface area contributed by atoms with Crippen molar-refractivity contribution >= 4 is 5.97 Å². The van der Waals surface area contributed by atoms with Crippen molar-refractivity contribution < 1.29 is 9.90 Å². The summed E-state index contributed by atoms with van der Waals surface area (Å²) < 4.78 is 0. The standard InChI is InChI=1S/C12H23NO2/c1-3-4-5-6-7-8-9-13-10-11(2)12(14)15/h13H,2-10H2,1H3,(H,14,15). The molecule has 0 amide bonds. The third-order valence-electron chi connectivity index (χ3n) is 2.35. The lowest BCUT2D eigenvalue weighted by atomic mass is 10.1. The predicted octanol–water partition coefficient (Wildman–Crippen LogP) is 2.58. The number of aliphatic carboxylic acids is 1. The molecular weight excluding hydrogens is 190 g/mol. The summed E-state index contributed by atoms with van der Waals surface area (Å²) in [6.45, 7) is 6.94. The molecule has 0 aromatic carbocycles. The van der Waals surface area contributed by atoms with Crippen LogP contribution in [0.25, 0.3) is 0 Å². The number of unbranched alkanes of at least 4 members (excludes halogenated alkanes) is 5. The summed E-state index contributed by atoms with van der Waals surface area (Å²) in [6, 6.07) is 0. The average molecular weight is 213 g/mol. The van der Waals surface area contributed by atoms with E-state index in [1.165, 1.54) is 32.1 Å². The maximum Gasteiger partial charge on any atom is 0.332 e. The molecule has 0 spiro atoms. The molecule has 0 saturated heterocycles. The SMILES string of the molecule is C=C(CNCCCCCCCC)C(=O)O. The van der Waals surface area contributed by atoms with E-state index >= 15 is 0 Å². The van der Waals surface area contributed by atoms with E-state index in [1.54, 1.807) is 0 Å². The Hall–Kier alpha value is -0.830. The molecule has 3 nitrogen and oxygen atoms in total. The van der Waals surface area contributed by atoms with Gasteiger partial charge >= 0.3 is 5.97 Å². The largest absolute Gasteiger partial charge is 0.478 e. The summed E-state index contributed by atoms with van der Waals surface area (Å²) in [5.74, 6) is -0.912. The van der Waals surface area contributed by atoms with Crippen LogP contribution in [0.2, 0.25) is 0 Å². The van der Waals surface area contributed by atoms with Crippen molar-refractivity contribution in [1.82, 2.24) is 5.32 Å². The zero-order valence-corrected chi connectivity index (χ0v) is 9.72. The van der Waals surface area contributed by atoms with E-state index in [4.69, 9.17) is 5.11 Å². The van der Waals surface area contributed by atoms with Crippen LogP contribution in [-0.2, 0) is 4.79 Å². The summed E-state index contributed by atoms with van der Waals surface area (Å²) in [5, 5.41) is 11.6. The fourth-order valence-electron chi connectivity index (χ4n) is 1.35. The number of carboxylic acids is 1. The van der Waals surface area contributed by atoms with E-state index in [0.29, 0.717) is 6.54 Å². The molecule has 0 atom stereocenters. The van der Waals surface area contributed by atoms with Crippen LogP contribution in [0.3, 0.4) is 0 Å². The highest BCUT2D eigenvalue weighted by atomic mass is 16.4. The highest BCUT2D eigenvalue weighted by molar-refractivity contribution is 5.86. The highest BCUT2D eigenvalue weighted by Gasteiger charge is 2.01. The zero-order valence-electron chi connectivity index (χ0n) is 9.72. The van der Waals surface area contributed by atoms with E-state index < -0.39 is 5.97 Å². The topological polar surface area (TPSA) is 49.3 Å². The van der Waals surface area contributed by atoms with E-state index in [-0.39, 0.29) is 5.57 Å². The van der Waals surface area contributed by atoms with Crippen LogP contribution in [0, 0.1) is 0 Å². The van der Waals surface area contributed by atoms with Gasteiger partial charge in [-0.1, -0.05) is 45.6 Å². The molecule has 0 fully saturated rings. The monoisotopic (exact) mass is 213 g/mol. The molecule has 0 heterocycles. The van der Waals surface area contributed by atoms with Crippen molar-refractivity contribution in [1.29, 1.82) is 0 Å². The fraction of sp³-hybridized carbons (Fsp3) is 0.750. The highest BCUT2D eigenvalue weighted by Crippen LogP contribution is 2.04. The smallest absolute Gasteiger partial charge is 0.332 e. The first kappa shape index (κ1) is 14.2. The number of hydrogen-bond donors (Lipinski definition) is 2. The van der Waals surface area contributed by atoms with E-state index in [0.717, 1.165) is 13.0 Å². The number of rotatable bonds is 10. The van der Waals surface area contributed by atoms with Crippen LogP contribution in [0.5, 0.6) is 0 Å². The Morgan fingerprint density at radius 1 is 1.20 bits per heavy atom. The van der Waals surface area contributed by atoms with Gasteiger partial charge in [0.15, 0.2) is 0 Å². The minimum Gasteiger partial charge on any atom is -0.478 e. The molecular formula is C12H23NO2. The van der Waals surface area contributed by atoms with Gasteiger partial charge in [-0.15, -0.1) is 0 Å². The summed E-state index contributed by atoms with van der Waals surface area (Å²) in [5.41, 5.74) is 0.237. The van der Waals surface area contributed by atoms with E-state index in [9.17, 15) is 4.79 Å². The van der Waals surface area contributed by atoms with Crippen LogP contribution in [-0.4, -0.2) is 24.2 Å². The summed E-state index contributed by atoms with van der Waals surface area (Å²) >= 11 is 0. The second-order valence-electron chi connectivity index (χ2n) is 3.85. The van der Waals surface area contributed by atoms with Crippen molar-refractivity contribution in [3.8, 4) is 0 Å². The summed E-state index contributed by atoms with van der Waals surface area (Å²) in [4.78, 5) is 10.4. The van der Waals surface area contributed by atoms with Crippen LogP contribution in [0.1, 0.15) is 45.4 Å². The van der Waals surface area contributed by atoms with Gasteiger partial charge in [-0.2, -0.15) is 0 Å². The predicted molar refractivity (Wildman–Crippen MR) is 63.0 cm³/mol. The first-order valence-corrected chi connectivity index (χ1v) is 5.80. The van der Waals surface area contributed by atoms with Gasteiger partial charge in [-0.25, -0.2) is 4.79 Å². The molecule has 0 saturated carbocycles. The molecule has 0 rings (SSSR count). The van der Waals surface area contributed by atoms with Crippen LogP contribution >= 0.6 is 0 Å². The molecule has 3 heteroatoms. The second-order valence-corrected chi connectivity index (χ2v) is 3.85. The molecule has 0 bridgehead atoms. The summed E-state index contributed by atoms with van der Waals surface area (Å²) in [7, 11) is 0. The maximum absolute atomic E-state index is 10.4. The number of nitrogens with one attached hydrogen (secondary N) is 1. The normalized spacial score (nSPS) is 10.2. The molecule has 15 heavy (non-hydrogen) atoms. The van der Waals surface area contributed by atoms with Crippen molar-refractivity contribution in [2.75, 3.05) is 13.1 Å². The van der Waals surface area contributed by atoms with Gasteiger partial charge in [-0.3, -0.25) is 0 Å². The van der Waals surface area contributed by atoms with Gasteiger partial charge in [0.2, 0.25) is 0 Å². The Kier molecular flexibility index (Phi) is 9.18. The number of carboxylic acid groups (broad SMARTS) is 1. The van der Waals surface area contributed by atoms with Gasteiger partial charge in [0.1, 0.15) is 0 Å². The van der Waals surface area contributed by atoms with Gasteiger partial charge in [-0.05, 0) is 13.0 Å². The third kappa shape index (κ3) is 9.47. The number of carbonyl (C=O) groups is 1. The van der Waals surface area contributed by atoms with Crippen molar-refractivity contribution in [3.63, 3.8) is 0 Å². The Balaban J connectivity index is 3.11. The Labute approximate surface area is 92.6 Å². The molecule has 0 aromatic heterocycles. The first-order chi connectivity index (χ1) is 7.18. The molecule has 0 unspecified atom stereocenters. The lowest BCUT2D eigenvalue weighted by molar-refractivity contribution is -0.132. The number of hydrogen-bond acceptors (Lipinski definition) is 2. The van der Waals surface area contributed by atoms with Gasteiger partial charge in [0.25, 0.3) is 0 Å². The van der Waals surface area contributed by atoms with E-state index in [1.807, 2.05) is 0 Å². The lowest BCUT2D eigenvalue weighted by Crippen LogP contribution is -2.21. The van der Waals surface area contributed by atoms with Crippen molar-refractivity contribution in [2.45, 2.75) is 45.4 Å². The van der Waals surface area contributed by atoms with Gasteiger partial charge in [0, 0.05) is 12.1 Å². The van der Waals surface area contributed by atoms with E-state index in [2.05, 4.69) is 18.8 Å². The Morgan fingerprint density at radius 2 is 1.80 bits per heavy atom. The molecule has 2 N–H and O–H groups in total. The molecule has 0 radical (unpaired) electrons. The second kappa shape index (κ2) is 9.71. The average Bonchev–Trinajstić information content (AvgIpc) is 2.21. The van der Waals surface area contributed by atoms with Crippen LogP contribution in [0.15, 0.2) is 12.2 Å². The fourth-order valence-corrected chi connectivity index (χ4v) is 1.35. The lowest BCUT2D eigenvalue weighted by Gasteiger charge is -2.04. The molecule has 0 aliphatic carbocycles. The van der Waals surface area contributed by atoms with Gasteiger partial charge in [0.05, 0.1) is 0 Å². The summed E-state index contributed by atoms with van der Waals surface area (Å²) in [6.07, 6.45) is 7.55. The Morgan fingerprint density at radius 3 is 2.40 bits per heavy atom. The molecule has 0 aliphatic rings. The minimum absolute atomic E-state index is 0.237. The van der Waals surface area contributed by atoms with Crippen LogP contribution in [0.4, 0.5) is 0 Å². The van der Waals surface area contributed by atoms with Crippen molar-refractivity contribution in [3.05, 3.63) is 12.2 Å². The maximum atomic E-state index is 10.4. The van der Waals surface area contributed by atoms with Crippen molar-refractivity contribution in [2.24, 2.45) is 0 Å². The zero-order chi connectivity index (χ0) is 11.5. The Bertz CT molecular complexity index is 190. The molecule has 0 aromatic rings. The molecule has 0 aliphatic heterocycles. The van der Waals surface area contributed by atoms with Gasteiger partial charge < -0.3 is 10.4 Å².